The van der Waals surface area contributed by atoms with Crippen LogP contribution in [-0.2, 0) is 16.0 Å². The molecule has 0 aromatic heterocycles. The molecule has 1 heterocycles. The Balaban J connectivity index is 1.58. The maximum absolute atomic E-state index is 12.9. The lowest BCUT2D eigenvalue weighted by molar-refractivity contribution is -0.144. The number of amidine groups is 1. The van der Waals surface area contributed by atoms with E-state index in [1.165, 1.54) is 0 Å². The Morgan fingerprint density at radius 2 is 1.97 bits per heavy atom. The fourth-order valence-corrected chi connectivity index (χ4v) is 4.15. The minimum atomic E-state index is -0.480. The molecule has 0 unspecified atom stereocenters. The Kier molecular flexibility index (Phi) is 7.44. The zero-order valence-corrected chi connectivity index (χ0v) is 18.9. The van der Waals surface area contributed by atoms with Crippen molar-refractivity contribution in [2.45, 2.75) is 24.9 Å². The highest BCUT2D eigenvalue weighted by atomic mass is 16.5. The fourth-order valence-electron chi connectivity index (χ4n) is 4.15. The lowest BCUT2D eigenvalue weighted by Crippen LogP contribution is -2.20. The predicted octanol–water partition coefficient (Wildman–Crippen LogP) is 3.73. The van der Waals surface area contributed by atoms with Crippen molar-refractivity contribution in [2.75, 3.05) is 19.7 Å². The van der Waals surface area contributed by atoms with Gasteiger partial charge in [0.1, 0.15) is 18.5 Å². The normalized spacial score (nSPS) is 16.8. The van der Waals surface area contributed by atoms with E-state index in [4.69, 9.17) is 20.4 Å². The summed E-state index contributed by atoms with van der Waals surface area (Å²) < 4.78 is 11.4. The maximum Gasteiger partial charge on any atom is 0.314 e. The van der Waals surface area contributed by atoms with Crippen molar-refractivity contribution < 1.29 is 19.5 Å². The van der Waals surface area contributed by atoms with Gasteiger partial charge in [0, 0.05) is 12.1 Å². The van der Waals surface area contributed by atoms with Crippen LogP contribution in [0.4, 0.5) is 0 Å². The van der Waals surface area contributed by atoms with Gasteiger partial charge in [0.15, 0.2) is 5.84 Å². The van der Waals surface area contributed by atoms with E-state index in [2.05, 4.69) is 17.1 Å². The van der Waals surface area contributed by atoms with Crippen molar-refractivity contribution in [2.24, 2.45) is 10.9 Å². The molecule has 1 saturated heterocycles. The summed E-state index contributed by atoms with van der Waals surface area (Å²) in [6.45, 7) is 5.60. The molecule has 7 nitrogen and oxygen atoms in total. The highest BCUT2D eigenvalue weighted by Gasteiger charge is 2.23. The number of benzene rings is 3. The zero-order chi connectivity index (χ0) is 23.9. The minimum absolute atomic E-state index is 0.0499. The summed E-state index contributed by atoms with van der Waals surface area (Å²) in [4.78, 5) is 12.9. The molecule has 0 bridgehead atoms. The summed E-state index contributed by atoms with van der Waals surface area (Å²) in [5.74, 6) is 0.0526. The summed E-state index contributed by atoms with van der Waals surface area (Å²) in [6.07, 6.45) is 3.18. The van der Waals surface area contributed by atoms with Crippen LogP contribution in [0, 0.1) is 0 Å². The fraction of sp³-hybridized carbons (Fsp3) is 0.259. The second kappa shape index (κ2) is 10.9. The molecular formula is C27H29N3O4. The number of oxime groups is 1. The smallest absolute Gasteiger partial charge is 0.314 e. The molecule has 0 radical (unpaired) electrons. The number of nitrogens with two attached hydrogens (primary N) is 1. The monoisotopic (exact) mass is 459 g/mol. The largest absolute Gasteiger partial charge is 0.489 e. The molecule has 3 aromatic carbocycles. The summed E-state index contributed by atoms with van der Waals surface area (Å²) in [5, 5.41) is 17.3. The molecule has 4 N–H and O–H groups in total. The molecular weight excluding hydrogens is 430 g/mol. The first-order valence-corrected chi connectivity index (χ1v) is 11.3. The standard InChI is InChI=1S/C27H29N3O4/c1-2-13-33-27(31)25(20-7-9-23(10-8-20)34-24-11-12-29-17-24)15-18-3-4-19-5-6-21(26(28)30-32)16-22(19)14-18/h2-10,14,16,24-25,29,32H,1,11-13,15,17H2,(H2,28,30)/t24-,25-/m0/s1. The topological polar surface area (TPSA) is 106 Å². The Morgan fingerprint density at radius 1 is 1.18 bits per heavy atom. The molecule has 34 heavy (non-hydrogen) atoms. The molecule has 4 rings (SSSR count). The lowest BCUT2D eigenvalue weighted by Gasteiger charge is -2.18. The minimum Gasteiger partial charge on any atom is -0.489 e. The van der Waals surface area contributed by atoms with Crippen molar-refractivity contribution >= 4 is 22.6 Å². The summed E-state index contributed by atoms with van der Waals surface area (Å²) in [7, 11) is 0. The van der Waals surface area contributed by atoms with Crippen LogP contribution in [-0.4, -0.2) is 42.8 Å². The Morgan fingerprint density at radius 3 is 2.68 bits per heavy atom. The maximum atomic E-state index is 12.9. The average molecular weight is 460 g/mol. The Bertz CT molecular complexity index is 1180. The van der Waals surface area contributed by atoms with Gasteiger partial charge < -0.3 is 25.7 Å². The van der Waals surface area contributed by atoms with Crippen molar-refractivity contribution in [3.05, 3.63) is 90.0 Å². The number of carbonyl (C=O) groups excluding carboxylic acids is 1. The van der Waals surface area contributed by atoms with Crippen LogP contribution < -0.4 is 15.8 Å². The molecule has 176 valence electrons. The van der Waals surface area contributed by atoms with Gasteiger partial charge >= 0.3 is 5.97 Å². The van der Waals surface area contributed by atoms with E-state index in [1.807, 2.05) is 54.6 Å². The van der Waals surface area contributed by atoms with Gasteiger partial charge in [0.25, 0.3) is 0 Å². The SMILES string of the molecule is C=CCOC(=O)[C@@H](Cc1ccc2ccc(C(N)=NO)cc2c1)c1ccc(O[C@H]2CCNC2)cc1. The lowest BCUT2D eigenvalue weighted by atomic mass is 9.91. The number of fused-ring (bicyclic) bond motifs is 1. The van der Waals surface area contributed by atoms with Gasteiger partial charge in [-0.25, -0.2) is 0 Å². The van der Waals surface area contributed by atoms with E-state index in [-0.39, 0.29) is 24.5 Å². The average Bonchev–Trinajstić information content (AvgIpc) is 3.38. The van der Waals surface area contributed by atoms with Gasteiger partial charge in [-0.15, -0.1) is 0 Å². The van der Waals surface area contributed by atoms with Crippen LogP contribution in [0.3, 0.4) is 0 Å². The van der Waals surface area contributed by atoms with Gasteiger partial charge in [-0.3, -0.25) is 4.79 Å². The second-order valence-electron chi connectivity index (χ2n) is 8.36. The number of nitrogens with one attached hydrogen (secondary N) is 1. The molecule has 3 aromatic rings. The quantitative estimate of drug-likeness (QED) is 0.112. The number of rotatable bonds is 9. The highest BCUT2D eigenvalue weighted by molar-refractivity contribution is 6.00. The van der Waals surface area contributed by atoms with Crippen molar-refractivity contribution in [1.29, 1.82) is 0 Å². The van der Waals surface area contributed by atoms with Gasteiger partial charge in [-0.2, -0.15) is 0 Å². The van der Waals surface area contributed by atoms with Crippen molar-refractivity contribution in [3.63, 3.8) is 0 Å². The second-order valence-corrected chi connectivity index (χ2v) is 8.36. The molecule has 0 spiro atoms. The molecule has 7 heteroatoms. The molecule has 1 fully saturated rings. The van der Waals surface area contributed by atoms with Crippen LogP contribution in [0.5, 0.6) is 5.75 Å². The van der Waals surface area contributed by atoms with Crippen LogP contribution >= 0.6 is 0 Å². The summed E-state index contributed by atoms with van der Waals surface area (Å²) in [5.41, 5.74) is 8.21. The molecule has 0 amide bonds. The van der Waals surface area contributed by atoms with E-state index in [0.29, 0.717) is 12.0 Å². The molecule has 2 atom stereocenters. The van der Waals surface area contributed by atoms with Gasteiger partial charge in [0.05, 0.1) is 5.92 Å². The van der Waals surface area contributed by atoms with E-state index in [9.17, 15) is 4.79 Å². The molecule has 0 aliphatic carbocycles. The van der Waals surface area contributed by atoms with E-state index in [1.54, 1.807) is 12.1 Å². The molecule has 1 aliphatic heterocycles. The summed E-state index contributed by atoms with van der Waals surface area (Å²) >= 11 is 0. The van der Waals surface area contributed by atoms with Crippen LogP contribution in [0.2, 0.25) is 0 Å². The zero-order valence-electron chi connectivity index (χ0n) is 18.9. The Labute approximate surface area is 198 Å². The third-order valence-electron chi connectivity index (χ3n) is 5.98. The number of ether oxygens (including phenoxy) is 2. The number of hydrogen-bond acceptors (Lipinski definition) is 6. The van der Waals surface area contributed by atoms with Crippen LogP contribution in [0.15, 0.2) is 78.5 Å². The first kappa shape index (κ1) is 23.3. The number of esters is 1. The first-order valence-electron chi connectivity index (χ1n) is 11.3. The third kappa shape index (κ3) is 5.55. The van der Waals surface area contributed by atoms with Crippen molar-refractivity contribution in [3.8, 4) is 5.75 Å². The third-order valence-corrected chi connectivity index (χ3v) is 5.98. The van der Waals surface area contributed by atoms with E-state index >= 15 is 0 Å². The van der Waals surface area contributed by atoms with Gasteiger partial charge in [-0.05, 0) is 59.5 Å². The highest BCUT2D eigenvalue weighted by Crippen LogP contribution is 2.27. The number of nitrogens with zero attached hydrogens (tertiary/aromatic N) is 1. The first-order chi connectivity index (χ1) is 16.6. The van der Waals surface area contributed by atoms with Crippen LogP contribution in [0.25, 0.3) is 10.8 Å². The van der Waals surface area contributed by atoms with E-state index < -0.39 is 5.92 Å². The van der Waals surface area contributed by atoms with E-state index in [0.717, 1.165) is 47.2 Å². The number of carbonyl (C=O) groups is 1. The molecule has 1 aliphatic rings. The number of hydrogen-bond donors (Lipinski definition) is 3. The summed E-state index contributed by atoms with van der Waals surface area (Å²) in [6, 6.07) is 19.3. The van der Waals surface area contributed by atoms with Crippen molar-refractivity contribution in [1.82, 2.24) is 5.32 Å². The Hall–Kier alpha value is -3.84. The van der Waals surface area contributed by atoms with Gasteiger partial charge in [-0.1, -0.05) is 60.3 Å². The van der Waals surface area contributed by atoms with Crippen LogP contribution in [0.1, 0.15) is 29.0 Å². The van der Waals surface area contributed by atoms with Gasteiger partial charge in [0.2, 0.25) is 0 Å². The predicted molar refractivity (Wildman–Crippen MR) is 132 cm³/mol. The molecule has 0 saturated carbocycles.